The van der Waals surface area contributed by atoms with Gasteiger partial charge in [-0.3, -0.25) is 9.69 Å². The molecule has 9 heteroatoms. The smallest absolute Gasteiger partial charge is 0.317 e. The van der Waals surface area contributed by atoms with Gasteiger partial charge in [0.15, 0.2) is 0 Å². The molecule has 220 valence electrons. The maximum Gasteiger partial charge on any atom is 0.317 e. The van der Waals surface area contributed by atoms with E-state index in [4.69, 9.17) is 9.72 Å². The van der Waals surface area contributed by atoms with Crippen molar-refractivity contribution in [3.05, 3.63) is 85.6 Å². The average Bonchev–Trinajstić information content (AvgIpc) is 3.56. The van der Waals surface area contributed by atoms with Gasteiger partial charge in [-0.15, -0.1) is 35.1 Å². The molecule has 4 rings (SSSR count). The van der Waals surface area contributed by atoms with Gasteiger partial charge in [0.2, 0.25) is 0 Å². The summed E-state index contributed by atoms with van der Waals surface area (Å²) in [6.45, 7) is 9.96. The van der Waals surface area contributed by atoms with E-state index in [0.717, 1.165) is 38.3 Å². The van der Waals surface area contributed by atoms with E-state index in [1.54, 1.807) is 22.7 Å². The number of aryl methyl sites for hydroxylation is 2. The third kappa shape index (κ3) is 9.64. The Bertz CT molecular complexity index is 1380. The molecule has 0 radical (unpaired) electrons. The van der Waals surface area contributed by atoms with Crippen molar-refractivity contribution in [3.8, 4) is 17.0 Å². The number of aliphatic carboxylic acids is 1. The summed E-state index contributed by atoms with van der Waals surface area (Å²) in [5.74, 6) is 0.624. The van der Waals surface area contributed by atoms with Gasteiger partial charge >= 0.3 is 5.97 Å². The number of hydrogen-bond donors (Lipinski definition) is 1. The van der Waals surface area contributed by atoms with E-state index in [0.29, 0.717) is 25.6 Å². The summed E-state index contributed by atoms with van der Waals surface area (Å²) >= 11 is 3.12. The summed E-state index contributed by atoms with van der Waals surface area (Å²) in [6, 6.07) is 15.0. The minimum Gasteiger partial charge on any atom is -0.489 e. The molecule has 41 heavy (non-hydrogen) atoms. The molecule has 6 nitrogen and oxygen atoms in total. The maximum absolute atomic E-state index is 11.4. The molecule has 0 atom stereocenters. The summed E-state index contributed by atoms with van der Waals surface area (Å²) < 4.78 is 6.13. The Morgan fingerprint density at radius 3 is 2.32 bits per heavy atom. The van der Waals surface area contributed by atoms with Gasteiger partial charge in [-0.25, -0.2) is 9.97 Å². The maximum atomic E-state index is 11.4. The van der Waals surface area contributed by atoms with Gasteiger partial charge in [0.05, 0.1) is 29.5 Å². The van der Waals surface area contributed by atoms with Gasteiger partial charge in [-0.05, 0) is 67.5 Å². The molecule has 0 aliphatic heterocycles. The molecule has 2 aromatic carbocycles. The third-order valence-corrected chi connectivity index (χ3v) is 8.58. The molecule has 2 aromatic heterocycles. The number of aromatic nitrogens is 2. The van der Waals surface area contributed by atoms with Crippen LogP contribution in [0.1, 0.15) is 77.8 Å². The lowest BCUT2D eigenvalue weighted by atomic mass is 9.90. The quantitative estimate of drug-likeness (QED) is 0.145. The molecule has 0 saturated heterocycles. The summed E-state index contributed by atoms with van der Waals surface area (Å²) in [5, 5.41) is 15.3. The largest absolute Gasteiger partial charge is 0.489 e. The summed E-state index contributed by atoms with van der Waals surface area (Å²) in [6.07, 6.45) is 4.90. The highest BCUT2D eigenvalue weighted by molar-refractivity contribution is 7.10. The molecule has 0 spiro atoms. The second-order valence-electron chi connectivity index (χ2n) is 10.3. The minimum absolute atomic E-state index is 0. The molecule has 0 bridgehead atoms. The predicted molar refractivity (Wildman–Crippen MR) is 171 cm³/mol. The fourth-order valence-electron chi connectivity index (χ4n) is 5.01. The molecule has 2 heterocycles. The molecule has 4 aromatic rings. The van der Waals surface area contributed by atoms with Crippen LogP contribution in [0.2, 0.25) is 0 Å². The van der Waals surface area contributed by atoms with Crippen LogP contribution in [-0.4, -0.2) is 32.5 Å². The van der Waals surface area contributed by atoms with E-state index < -0.39 is 5.97 Å². The molecule has 0 amide bonds. The van der Waals surface area contributed by atoms with E-state index in [9.17, 15) is 9.90 Å². The van der Waals surface area contributed by atoms with E-state index in [1.807, 2.05) is 28.7 Å². The SMILES string of the molecule is CCCC(CCC)c1ccc(COc2ccc(-c3csc(CN(CC(=O)O)Cc4csc(C)n4)n3)c(C)c2)cc1.Cl. The molecule has 0 aliphatic rings. The van der Waals surface area contributed by atoms with Crippen molar-refractivity contribution in [3.63, 3.8) is 0 Å². The van der Waals surface area contributed by atoms with Crippen molar-refractivity contribution in [2.45, 2.75) is 79.0 Å². The highest BCUT2D eigenvalue weighted by Gasteiger charge is 2.16. The van der Waals surface area contributed by atoms with Gasteiger partial charge in [0.1, 0.15) is 17.4 Å². The fourth-order valence-corrected chi connectivity index (χ4v) is 6.45. The topological polar surface area (TPSA) is 75.5 Å². The van der Waals surface area contributed by atoms with Gasteiger partial charge in [0.25, 0.3) is 0 Å². The normalized spacial score (nSPS) is 11.2. The van der Waals surface area contributed by atoms with Crippen LogP contribution in [0.4, 0.5) is 0 Å². The predicted octanol–water partition coefficient (Wildman–Crippen LogP) is 8.65. The Kier molecular flexibility index (Phi) is 12.8. The number of rotatable bonds is 15. The summed E-state index contributed by atoms with van der Waals surface area (Å²) in [5.41, 5.74) is 6.52. The standard InChI is InChI=1S/C32H39N3O3S2.ClH/c1-5-7-25(8-6-2)26-11-9-24(10-12-26)19-38-28-13-14-29(22(3)15-28)30-21-40-31(34-30)17-35(18-32(36)37)16-27-20-39-23(4)33-27;/h9-15,20-21,25H,5-8,16-19H2,1-4H3,(H,36,37);1H. The van der Waals surface area contributed by atoms with Crippen molar-refractivity contribution < 1.29 is 14.6 Å². The zero-order chi connectivity index (χ0) is 28.5. The molecule has 0 saturated carbocycles. The Morgan fingerprint density at radius 2 is 1.71 bits per heavy atom. The van der Waals surface area contributed by atoms with Crippen molar-refractivity contribution in [1.82, 2.24) is 14.9 Å². The highest BCUT2D eigenvalue weighted by atomic mass is 35.5. The molecule has 0 aliphatic carbocycles. The molecular weight excluding hydrogens is 574 g/mol. The minimum atomic E-state index is -0.858. The second-order valence-corrected chi connectivity index (χ2v) is 12.3. The van der Waals surface area contributed by atoms with Crippen molar-refractivity contribution in [2.75, 3.05) is 6.54 Å². The van der Waals surface area contributed by atoms with Gasteiger partial charge < -0.3 is 9.84 Å². The van der Waals surface area contributed by atoms with Crippen LogP contribution in [0.25, 0.3) is 11.3 Å². The Hall–Kier alpha value is -2.78. The molecular formula is C32H40ClN3O3S2. The second kappa shape index (κ2) is 16.0. The number of carboxylic acid groups (broad SMARTS) is 1. The van der Waals surface area contributed by atoms with Crippen molar-refractivity contribution >= 4 is 41.0 Å². The van der Waals surface area contributed by atoms with E-state index in [-0.39, 0.29) is 19.0 Å². The van der Waals surface area contributed by atoms with Crippen molar-refractivity contribution in [1.29, 1.82) is 0 Å². The first-order chi connectivity index (χ1) is 19.3. The number of carbonyl (C=O) groups is 1. The number of benzene rings is 2. The number of thiazole rings is 2. The third-order valence-electron chi connectivity index (χ3n) is 6.93. The van der Waals surface area contributed by atoms with E-state index >= 15 is 0 Å². The highest BCUT2D eigenvalue weighted by Crippen LogP contribution is 2.30. The Labute approximate surface area is 257 Å². The first kappa shape index (κ1) is 32.7. The van der Waals surface area contributed by atoms with Crippen LogP contribution in [-0.2, 0) is 24.5 Å². The van der Waals surface area contributed by atoms with Crippen LogP contribution >= 0.6 is 35.1 Å². The van der Waals surface area contributed by atoms with Crippen molar-refractivity contribution in [2.24, 2.45) is 0 Å². The Morgan fingerprint density at radius 1 is 0.976 bits per heavy atom. The number of ether oxygens (including phenoxy) is 1. The van der Waals surface area contributed by atoms with E-state index in [2.05, 4.69) is 62.2 Å². The van der Waals surface area contributed by atoms with Crippen LogP contribution in [0, 0.1) is 13.8 Å². The fraction of sp³-hybridized carbons (Fsp3) is 0.406. The van der Waals surface area contributed by atoms with Crippen LogP contribution < -0.4 is 4.74 Å². The van der Waals surface area contributed by atoms with Crippen LogP contribution in [0.5, 0.6) is 5.75 Å². The Balaban J connectivity index is 0.00000462. The average molecular weight is 614 g/mol. The van der Waals surface area contributed by atoms with Gasteiger partial charge in [-0.2, -0.15) is 0 Å². The number of hydrogen-bond acceptors (Lipinski definition) is 7. The summed E-state index contributed by atoms with van der Waals surface area (Å²) in [4.78, 5) is 22.6. The first-order valence-corrected chi connectivity index (χ1v) is 15.7. The first-order valence-electron chi connectivity index (χ1n) is 14.0. The lowest BCUT2D eigenvalue weighted by molar-refractivity contribution is -0.138. The number of nitrogens with zero attached hydrogens (tertiary/aromatic N) is 3. The van der Waals surface area contributed by atoms with Crippen LogP contribution in [0.3, 0.4) is 0 Å². The molecule has 1 N–H and O–H groups in total. The lowest BCUT2D eigenvalue weighted by Crippen LogP contribution is -2.29. The molecule has 0 unspecified atom stereocenters. The van der Waals surface area contributed by atoms with Gasteiger partial charge in [0, 0.05) is 22.9 Å². The van der Waals surface area contributed by atoms with Gasteiger partial charge in [-0.1, -0.05) is 51.0 Å². The summed E-state index contributed by atoms with van der Waals surface area (Å²) in [7, 11) is 0. The molecule has 0 fully saturated rings. The zero-order valence-corrected chi connectivity index (χ0v) is 26.7. The lowest BCUT2D eigenvalue weighted by Gasteiger charge is -2.17. The van der Waals surface area contributed by atoms with E-state index in [1.165, 1.54) is 36.8 Å². The number of carboxylic acids is 1. The number of halogens is 1. The van der Waals surface area contributed by atoms with Crippen LogP contribution in [0.15, 0.2) is 53.2 Å². The monoisotopic (exact) mass is 613 g/mol. The zero-order valence-electron chi connectivity index (χ0n) is 24.3.